The van der Waals surface area contributed by atoms with E-state index in [0.29, 0.717) is 50.1 Å². The Labute approximate surface area is 217 Å². The maximum Gasteiger partial charge on any atom is 0.410 e. The quantitative estimate of drug-likeness (QED) is 0.189. The molecule has 2 aromatic rings. The lowest BCUT2D eigenvalue weighted by atomic mass is 10.1. The molecule has 2 aromatic carbocycles. The summed E-state index contributed by atoms with van der Waals surface area (Å²) in [4.78, 5) is 38.4. The Morgan fingerprint density at radius 3 is 2.62 bits per heavy atom. The first-order valence-corrected chi connectivity index (χ1v) is 12.7. The zero-order valence-electron chi connectivity index (χ0n) is 21.8. The predicted molar refractivity (Wildman–Crippen MR) is 140 cm³/mol. The predicted octanol–water partition coefficient (Wildman–Crippen LogP) is 4.34. The highest BCUT2D eigenvalue weighted by Crippen LogP contribution is 2.25. The van der Waals surface area contributed by atoms with Gasteiger partial charge in [0.2, 0.25) is 5.91 Å². The van der Waals surface area contributed by atoms with Gasteiger partial charge in [-0.15, -0.1) is 0 Å². The number of unbranched alkanes of at least 4 members (excludes halogenated alkanes) is 2. The molecule has 0 saturated carbocycles. The van der Waals surface area contributed by atoms with Gasteiger partial charge in [0.05, 0.1) is 5.57 Å². The molecule has 1 unspecified atom stereocenters. The number of likely N-dealkylation sites (tertiary alicyclic amines) is 1. The zero-order chi connectivity index (χ0) is 26.8. The van der Waals surface area contributed by atoms with Gasteiger partial charge < -0.3 is 19.7 Å². The topological polar surface area (TPSA) is 117 Å². The number of carbonyl (C=O) groups excluding carboxylic acids is 3. The maximum absolute atomic E-state index is 13.2. The van der Waals surface area contributed by atoms with Crippen LogP contribution in [0.3, 0.4) is 0 Å². The fourth-order valence-corrected chi connectivity index (χ4v) is 4.10. The number of rotatable bonds is 10. The van der Waals surface area contributed by atoms with Crippen LogP contribution in [0.25, 0.3) is 10.8 Å². The van der Waals surface area contributed by atoms with E-state index in [4.69, 9.17) is 14.7 Å². The van der Waals surface area contributed by atoms with Crippen LogP contribution in [0.1, 0.15) is 52.9 Å². The molecule has 9 nitrogen and oxygen atoms in total. The molecule has 1 atom stereocenters. The van der Waals surface area contributed by atoms with E-state index < -0.39 is 11.5 Å². The summed E-state index contributed by atoms with van der Waals surface area (Å²) < 4.78 is 11.5. The van der Waals surface area contributed by atoms with E-state index in [1.54, 1.807) is 10.4 Å². The molecule has 9 heteroatoms. The Morgan fingerprint density at radius 2 is 1.86 bits per heavy atom. The lowest BCUT2D eigenvalue weighted by Gasteiger charge is -2.24. The first kappa shape index (κ1) is 28.0. The third kappa shape index (κ3) is 8.78. The molecule has 1 aliphatic rings. The number of fused-ring (bicyclic) bond motifs is 1. The smallest absolute Gasteiger partial charge is 0.410 e. The van der Waals surface area contributed by atoms with Crippen molar-refractivity contribution < 1.29 is 29.1 Å². The molecular weight excluding hydrogens is 474 g/mol. The van der Waals surface area contributed by atoms with E-state index >= 15 is 0 Å². The standard InChI is InChI=1S/C28H37N3O6/c1-28(2,3)37-27(34)31-17-16-22(18-31)29-26(33)21(11-5-4-6-15-25(32)30-35)19-36-24-14-9-12-20-10-7-8-13-23(20)24/h7-14,22,35H,4-6,15-19H2,1-3H3,(H,29,33)(H,30,32)/b21-11+. The first-order chi connectivity index (χ1) is 17.7. The minimum Gasteiger partial charge on any atom is -0.488 e. The van der Waals surface area contributed by atoms with E-state index in [-0.39, 0.29) is 31.1 Å². The second-order valence-electron chi connectivity index (χ2n) is 10.2. The molecule has 1 aliphatic heterocycles. The number of hydrogen-bond donors (Lipinski definition) is 3. The van der Waals surface area contributed by atoms with Gasteiger partial charge in [-0.2, -0.15) is 0 Å². The number of allylic oxidation sites excluding steroid dienone is 1. The molecule has 3 amide bonds. The minimum absolute atomic E-state index is 0.0828. The van der Waals surface area contributed by atoms with Crippen molar-refractivity contribution >= 4 is 28.7 Å². The third-order valence-electron chi connectivity index (χ3n) is 5.97. The summed E-state index contributed by atoms with van der Waals surface area (Å²) in [5.41, 5.74) is 1.53. The number of hydroxylamine groups is 1. The Balaban J connectivity index is 1.63. The second-order valence-corrected chi connectivity index (χ2v) is 10.2. The molecule has 3 rings (SSSR count). The summed E-state index contributed by atoms with van der Waals surface area (Å²) in [5, 5.41) is 13.7. The maximum atomic E-state index is 13.2. The van der Waals surface area contributed by atoms with Gasteiger partial charge in [0.25, 0.3) is 5.91 Å². The van der Waals surface area contributed by atoms with Crippen LogP contribution in [-0.4, -0.2) is 59.4 Å². The Hall–Kier alpha value is -3.59. The highest BCUT2D eigenvalue weighted by Gasteiger charge is 2.31. The highest BCUT2D eigenvalue weighted by molar-refractivity contribution is 5.94. The largest absolute Gasteiger partial charge is 0.488 e. The van der Waals surface area contributed by atoms with Gasteiger partial charge in [0.15, 0.2) is 0 Å². The number of hydrogen-bond acceptors (Lipinski definition) is 6. The van der Waals surface area contributed by atoms with Crippen LogP contribution in [0, 0.1) is 0 Å². The van der Waals surface area contributed by atoms with Crippen LogP contribution >= 0.6 is 0 Å². The summed E-state index contributed by atoms with van der Waals surface area (Å²) in [6, 6.07) is 13.5. The molecule has 0 radical (unpaired) electrons. The number of ether oxygens (including phenoxy) is 2. The molecule has 1 saturated heterocycles. The van der Waals surface area contributed by atoms with E-state index in [2.05, 4.69) is 5.32 Å². The molecule has 0 bridgehead atoms. The van der Waals surface area contributed by atoms with Crippen molar-refractivity contribution in [3.8, 4) is 5.75 Å². The lowest BCUT2D eigenvalue weighted by molar-refractivity contribution is -0.129. The Bertz CT molecular complexity index is 1120. The van der Waals surface area contributed by atoms with Crippen molar-refractivity contribution in [2.45, 2.75) is 64.5 Å². The van der Waals surface area contributed by atoms with Crippen molar-refractivity contribution in [3.63, 3.8) is 0 Å². The van der Waals surface area contributed by atoms with Gasteiger partial charge in [0.1, 0.15) is 18.0 Å². The van der Waals surface area contributed by atoms with E-state index in [0.717, 1.165) is 10.8 Å². The molecule has 0 spiro atoms. The molecule has 0 aliphatic carbocycles. The van der Waals surface area contributed by atoms with Gasteiger partial charge in [-0.3, -0.25) is 14.8 Å². The molecule has 37 heavy (non-hydrogen) atoms. The summed E-state index contributed by atoms with van der Waals surface area (Å²) in [6.45, 7) is 6.45. The summed E-state index contributed by atoms with van der Waals surface area (Å²) in [5.74, 6) is 0.00905. The van der Waals surface area contributed by atoms with Crippen LogP contribution in [-0.2, 0) is 14.3 Å². The van der Waals surface area contributed by atoms with Crippen molar-refractivity contribution in [2.24, 2.45) is 0 Å². The van der Waals surface area contributed by atoms with Crippen molar-refractivity contribution in [1.82, 2.24) is 15.7 Å². The van der Waals surface area contributed by atoms with Gasteiger partial charge >= 0.3 is 6.09 Å². The van der Waals surface area contributed by atoms with Gasteiger partial charge in [-0.05, 0) is 57.9 Å². The molecule has 1 heterocycles. The van der Waals surface area contributed by atoms with Gasteiger partial charge in [0, 0.05) is 30.9 Å². The normalized spacial score (nSPS) is 15.9. The van der Waals surface area contributed by atoms with Crippen LogP contribution in [0.15, 0.2) is 54.1 Å². The van der Waals surface area contributed by atoms with Crippen LogP contribution in [0.4, 0.5) is 4.79 Å². The molecule has 3 N–H and O–H groups in total. The molecule has 200 valence electrons. The second kappa shape index (κ2) is 13.1. The highest BCUT2D eigenvalue weighted by atomic mass is 16.6. The number of nitrogens with one attached hydrogen (secondary N) is 2. The van der Waals surface area contributed by atoms with E-state index in [1.807, 2.05) is 69.3 Å². The van der Waals surface area contributed by atoms with Crippen LogP contribution in [0.2, 0.25) is 0 Å². The van der Waals surface area contributed by atoms with Crippen LogP contribution < -0.4 is 15.5 Å². The summed E-state index contributed by atoms with van der Waals surface area (Å²) >= 11 is 0. The van der Waals surface area contributed by atoms with Crippen molar-refractivity contribution in [3.05, 3.63) is 54.1 Å². The van der Waals surface area contributed by atoms with Gasteiger partial charge in [-0.1, -0.05) is 42.5 Å². The SMILES string of the molecule is CC(C)(C)OC(=O)N1CCC(NC(=O)/C(=C/CCCCC(=O)NO)COc2cccc3ccccc23)C1. The minimum atomic E-state index is -0.578. The summed E-state index contributed by atoms with van der Waals surface area (Å²) in [7, 11) is 0. The van der Waals surface area contributed by atoms with E-state index in [1.165, 1.54) is 0 Å². The van der Waals surface area contributed by atoms with Crippen molar-refractivity contribution in [2.75, 3.05) is 19.7 Å². The average Bonchev–Trinajstić information content (AvgIpc) is 3.33. The number of benzene rings is 2. The molecule has 1 fully saturated rings. The lowest BCUT2D eigenvalue weighted by Crippen LogP contribution is -2.41. The van der Waals surface area contributed by atoms with Gasteiger partial charge in [-0.25, -0.2) is 10.3 Å². The number of carbonyl (C=O) groups is 3. The Kier molecular flexibility index (Phi) is 9.91. The monoisotopic (exact) mass is 511 g/mol. The van der Waals surface area contributed by atoms with Crippen LogP contribution in [0.5, 0.6) is 5.75 Å². The summed E-state index contributed by atoms with van der Waals surface area (Å²) in [6.07, 6.45) is 4.13. The molecule has 0 aromatic heterocycles. The number of nitrogens with zero attached hydrogens (tertiary/aromatic N) is 1. The third-order valence-corrected chi connectivity index (χ3v) is 5.97. The fraction of sp³-hybridized carbons (Fsp3) is 0.464. The average molecular weight is 512 g/mol. The van der Waals surface area contributed by atoms with E-state index in [9.17, 15) is 14.4 Å². The Morgan fingerprint density at radius 1 is 1.11 bits per heavy atom. The van der Waals surface area contributed by atoms with Crippen molar-refractivity contribution in [1.29, 1.82) is 0 Å². The zero-order valence-corrected chi connectivity index (χ0v) is 21.8. The fourth-order valence-electron chi connectivity index (χ4n) is 4.10. The molecular formula is C28H37N3O6. The first-order valence-electron chi connectivity index (χ1n) is 12.7. The number of amides is 3.